The molecule has 0 aromatic carbocycles. The van der Waals surface area contributed by atoms with Gasteiger partial charge in [-0.25, -0.2) is 8.42 Å². The van der Waals surface area contributed by atoms with E-state index in [1.165, 1.54) is 0 Å². The summed E-state index contributed by atoms with van der Waals surface area (Å²) in [6.45, 7) is 1.89. The lowest BCUT2D eigenvalue weighted by atomic mass is 10.3. The van der Waals surface area contributed by atoms with Crippen molar-refractivity contribution in [1.29, 1.82) is 0 Å². The molecule has 1 fully saturated rings. The van der Waals surface area contributed by atoms with Crippen molar-refractivity contribution in [2.24, 2.45) is 11.5 Å². The van der Waals surface area contributed by atoms with Crippen LogP contribution in [0.5, 0.6) is 0 Å². The highest BCUT2D eigenvalue weighted by Crippen LogP contribution is 2.38. The maximum Gasteiger partial charge on any atom is 0.154 e. The van der Waals surface area contributed by atoms with Crippen molar-refractivity contribution in [2.45, 2.75) is 24.1 Å². The summed E-state index contributed by atoms with van der Waals surface area (Å²) >= 11 is 0. The molecule has 0 heterocycles. The molecule has 1 aliphatic carbocycles. The Bertz CT molecular complexity index is 249. The molecule has 2 atom stereocenters. The van der Waals surface area contributed by atoms with Crippen molar-refractivity contribution in [1.82, 2.24) is 0 Å². The largest absolute Gasteiger partial charge is 0.329 e. The highest BCUT2D eigenvalue weighted by atomic mass is 32.2. The summed E-state index contributed by atoms with van der Waals surface area (Å²) < 4.78 is 22.4. The van der Waals surface area contributed by atoms with E-state index >= 15 is 0 Å². The van der Waals surface area contributed by atoms with Crippen molar-refractivity contribution in [2.75, 3.05) is 12.3 Å². The van der Waals surface area contributed by atoms with Crippen LogP contribution in [0.4, 0.5) is 0 Å². The first-order valence-electron chi connectivity index (χ1n) is 3.67. The Morgan fingerprint density at radius 2 is 2.18 bits per heavy atom. The minimum Gasteiger partial charge on any atom is -0.329 e. The first-order chi connectivity index (χ1) is 4.96. The Labute approximate surface area is 66.9 Å². The third-order valence-electron chi connectivity index (χ3n) is 2.26. The number of nitrogens with two attached hydrogens (primary N) is 2. The van der Waals surface area contributed by atoms with E-state index in [1.807, 2.05) is 0 Å². The lowest BCUT2D eigenvalue weighted by molar-refractivity contribution is 0.587. The molecule has 4 N–H and O–H groups in total. The smallest absolute Gasteiger partial charge is 0.154 e. The highest BCUT2D eigenvalue weighted by molar-refractivity contribution is 7.92. The summed E-state index contributed by atoms with van der Waals surface area (Å²) in [5.74, 6) is 0.163. The van der Waals surface area contributed by atoms with Crippen LogP contribution in [0.25, 0.3) is 0 Å². The van der Waals surface area contributed by atoms with Gasteiger partial charge in [-0.15, -0.1) is 0 Å². The van der Waals surface area contributed by atoms with Gasteiger partial charge in [0.2, 0.25) is 0 Å². The van der Waals surface area contributed by atoms with Gasteiger partial charge >= 0.3 is 0 Å². The fourth-order valence-corrected chi connectivity index (χ4v) is 2.96. The molecule has 11 heavy (non-hydrogen) atoms. The van der Waals surface area contributed by atoms with Crippen molar-refractivity contribution < 1.29 is 8.42 Å². The second kappa shape index (κ2) is 2.43. The van der Waals surface area contributed by atoms with Gasteiger partial charge in [-0.05, 0) is 6.42 Å². The minimum atomic E-state index is -2.95. The molecule has 5 heteroatoms. The van der Waals surface area contributed by atoms with E-state index in [-0.39, 0.29) is 17.5 Å². The van der Waals surface area contributed by atoms with Gasteiger partial charge in [0.15, 0.2) is 9.84 Å². The van der Waals surface area contributed by atoms with Gasteiger partial charge in [0.25, 0.3) is 0 Å². The van der Waals surface area contributed by atoms with Gasteiger partial charge in [0.05, 0.1) is 5.25 Å². The van der Waals surface area contributed by atoms with Crippen LogP contribution in [-0.2, 0) is 9.84 Å². The Kier molecular flexibility index (Phi) is 1.98. The van der Waals surface area contributed by atoms with Crippen LogP contribution >= 0.6 is 0 Å². The highest BCUT2D eigenvalue weighted by Gasteiger charge is 2.56. The van der Waals surface area contributed by atoms with Crippen molar-refractivity contribution >= 4 is 9.84 Å². The van der Waals surface area contributed by atoms with E-state index in [4.69, 9.17) is 11.5 Å². The first kappa shape index (κ1) is 8.96. The molecule has 2 unspecified atom stereocenters. The van der Waals surface area contributed by atoms with Crippen LogP contribution < -0.4 is 11.5 Å². The van der Waals surface area contributed by atoms with Gasteiger partial charge in [-0.3, -0.25) is 0 Å². The molecule has 0 radical (unpaired) electrons. The fraction of sp³-hybridized carbons (Fsp3) is 1.00. The maximum atomic E-state index is 11.2. The minimum absolute atomic E-state index is 0.163. The molecule has 0 saturated heterocycles. The zero-order chi connectivity index (χ0) is 8.70. The molecule has 0 spiro atoms. The standard InChI is InChI=1S/C6H14N2O2S/c1-2-11(9,10)5-3-6(5,8)4-7/h5H,2-4,7-8H2,1H3. The first-order valence-corrected chi connectivity index (χ1v) is 5.38. The molecule has 0 aliphatic heterocycles. The maximum absolute atomic E-state index is 11.2. The fourth-order valence-electron chi connectivity index (χ4n) is 1.19. The Hall–Kier alpha value is -0.130. The third kappa shape index (κ3) is 1.40. The summed E-state index contributed by atoms with van der Waals surface area (Å²) in [6, 6.07) is 0. The SMILES string of the molecule is CCS(=O)(=O)C1CC1(N)CN. The van der Waals surface area contributed by atoms with E-state index in [9.17, 15) is 8.42 Å². The normalized spacial score (nSPS) is 37.2. The van der Waals surface area contributed by atoms with Gasteiger partial charge in [-0.2, -0.15) is 0 Å². The lowest BCUT2D eigenvalue weighted by Crippen LogP contribution is -2.38. The van der Waals surface area contributed by atoms with Gasteiger partial charge in [0, 0.05) is 17.8 Å². The van der Waals surface area contributed by atoms with E-state index < -0.39 is 15.4 Å². The summed E-state index contributed by atoms with van der Waals surface area (Å²) in [7, 11) is -2.95. The molecule has 66 valence electrons. The predicted molar refractivity (Wildman–Crippen MR) is 43.8 cm³/mol. The molecule has 0 amide bonds. The van der Waals surface area contributed by atoms with Crippen LogP contribution in [-0.4, -0.2) is 31.5 Å². The molecule has 1 rings (SSSR count). The number of hydrogen-bond donors (Lipinski definition) is 2. The van der Waals surface area contributed by atoms with Crippen molar-refractivity contribution in [3.05, 3.63) is 0 Å². The van der Waals surface area contributed by atoms with E-state index in [2.05, 4.69) is 0 Å². The topological polar surface area (TPSA) is 86.2 Å². The summed E-state index contributed by atoms with van der Waals surface area (Å²) in [6.07, 6.45) is 0.527. The van der Waals surface area contributed by atoms with Crippen LogP contribution in [0, 0.1) is 0 Å². The molecule has 4 nitrogen and oxygen atoms in total. The van der Waals surface area contributed by atoms with Gasteiger partial charge in [0.1, 0.15) is 0 Å². The molecule has 0 aromatic heterocycles. The average molecular weight is 178 g/mol. The van der Waals surface area contributed by atoms with Crippen LogP contribution in [0.1, 0.15) is 13.3 Å². The number of hydrogen-bond acceptors (Lipinski definition) is 4. The Morgan fingerprint density at radius 3 is 2.45 bits per heavy atom. The molecular formula is C6H14N2O2S. The van der Waals surface area contributed by atoms with Crippen LogP contribution in [0.15, 0.2) is 0 Å². The Morgan fingerprint density at radius 1 is 1.64 bits per heavy atom. The predicted octanol–water partition coefficient (Wildman–Crippen LogP) is -1.15. The molecular weight excluding hydrogens is 164 g/mol. The lowest BCUT2D eigenvalue weighted by Gasteiger charge is -2.06. The molecule has 0 bridgehead atoms. The van der Waals surface area contributed by atoms with Gasteiger partial charge in [-0.1, -0.05) is 6.92 Å². The average Bonchev–Trinajstić information content (AvgIpc) is 2.65. The summed E-state index contributed by atoms with van der Waals surface area (Å²) in [5.41, 5.74) is 10.4. The van der Waals surface area contributed by atoms with Crippen LogP contribution in [0.3, 0.4) is 0 Å². The molecule has 1 saturated carbocycles. The number of sulfone groups is 1. The van der Waals surface area contributed by atoms with Gasteiger partial charge < -0.3 is 11.5 Å². The van der Waals surface area contributed by atoms with Crippen molar-refractivity contribution in [3.8, 4) is 0 Å². The molecule has 0 aromatic rings. The summed E-state index contributed by atoms with van der Waals surface area (Å²) in [4.78, 5) is 0. The van der Waals surface area contributed by atoms with E-state index in [0.717, 1.165) is 0 Å². The van der Waals surface area contributed by atoms with E-state index in [1.54, 1.807) is 6.92 Å². The zero-order valence-electron chi connectivity index (χ0n) is 6.58. The zero-order valence-corrected chi connectivity index (χ0v) is 7.39. The second-order valence-corrected chi connectivity index (χ2v) is 5.55. The Balaban J connectivity index is 2.71. The second-order valence-electron chi connectivity index (χ2n) is 3.08. The summed E-state index contributed by atoms with van der Waals surface area (Å²) in [5, 5.41) is -0.384. The van der Waals surface area contributed by atoms with E-state index in [0.29, 0.717) is 6.42 Å². The monoisotopic (exact) mass is 178 g/mol. The number of rotatable bonds is 3. The molecule has 1 aliphatic rings. The third-order valence-corrected chi connectivity index (χ3v) is 4.57. The van der Waals surface area contributed by atoms with Crippen LogP contribution in [0.2, 0.25) is 0 Å². The quantitative estimate of drug-likeness (QED) is 0.571. The van der Waals surface area contributed by atoms with Crippen molar-refractivity contribution in [3.63, 3.8) is 0 Å².